The highest BCUT2D eigenvalue weighted by Gasteiger charge is 2.18. The molecule has 5 heteroatoms. The molecule has 0 unspecified atom stereocenters. The van der Waals surface area contributed by atoms with E-state index >= 15 is 0 Å². The van der Waals surface area contributed by atoms with Crippen LogP contribution in [-0.2, 0) is 20.9 Å². The van der Waals surface area contributed by atoms with E-state index in [0.29, 0.717) is 25.6 Å². The summed E-state index contributed by atoms with van der Waals surface area (Å²) in [5, 5.41) is 0. The molecule has 0 bridgehead atoms. The molecule has 156 valence electrons. The van der Waals surface area contributed by atoms with E-state index in [4.69, 9.17) is 9.47 Å². The van der Waals surface area contributed by atoms with Crippen LogP contribution in [0.25, 0.3) is 0 Å². The van der Waals surface area contributed by atoms with E-state index in [0.717, 1.165) is 22.4 Å². The van der Waals surface area contributed by atoms with Crippen LogP contribution >= 0.6 is 0 Å². The lowest BCUT2D eigenvalue weighted by atomic mass is 10.0. The third-order valence-electron chi connectivity index (χ3n) is 4.60. The second kappa shape index (κ2) is 11.2. The molecule has 0 aromatic heterocycles. The minimum Gasteiger partial charge on any atom is -0.483 e. The highest BCUT2D eigenvalue weighted by atomic mass is 16.5. The van der Waals surface area contributed by atoms with Gasteiger partial charge in [0.1, 0.15) is 5.75 Å². The maximum atomic E-state index is 12.9. The molecular weight excluding hydrogens is 366 g/mol. The molecule has 0 aliphatic rings. The number of hydrogen-bond donors (Lipinski definition) is 0. The van der Waals surface area contributed by atoms with Gasteiger partial charge in [-0.25, -0.2) is 0 Å². The third kappa shape index (κ3) is 7.26. The molecule has 0 N–H and O–H groups in total. The number of rotatable bonds is 10. The molecule has 2 rings (SSSR count). The SMILES string of the molecule is CCOC(=O)CCN(Cc1ccccc1)C(=O)COc1cc(C)ccc1C(C)C. The van der Waals surface area contributed by atoms with Crippen LogP contribution < -0.4 is 4.74 Å². The van der Waals surface area contributed by atoms with Crippen molar-refractivity contribution in [3.05, 3.63) is 65.2 Å². The maximum Gasteiger partial charge on any atom is 0.307 e. The Kier molecular flexibility index (Phi) is 8.71. The Morgan fingerprint density at radius 1 is 1.07 bits per heavy atom. The summed E-state index contributed by atoms with van der Waals surface area (Å²) in [6, 6.07) is 15.8. The Morgan fingerprint density at radius 2 is 1.79 bits per heavy atom. The smallest absolute Gasteiger partial charge is 0.307 e. The fourth-order valence-corrected chi connectivity index (χ4v) is 3.03. The van der Waals surface area contributed by atoms with Gasteiger partial charge in [0.05, 0.1) is 13.0 Å². The van der Waals surface area contributed by atoms with Crippen molar-refractivity contribution < 1.29 is 19.1 Å². The summed E-state index contributed by atoms with van der Waals surface area (Å²) < 4.78 is 10.9. The van der Waals surface area contributed by atoms with Gasteiger partial charge in [-0.3, -0.25) is 9.59 Å². The molecule has 2 aromatic carbocycles. The standard InChI is InChI=1S/C24H31NO4/c1-5-28-24(27)13-14-25(16-20-9-7-6-8-10-20)23(26)17-29-22-15-19(4)11-12-21(22)18(2)3/h6-12,15,18H,5,13-14,16-17H2,1-4H3. The van der Waals surface area contributed by atoms with Crippen molar-refractivity contribution in [2.45, 2.75) is 46.6 Å². The highest BCUT2D eigenvalue weighted by Crippen LogP contribution is 2.27. The number of nitrogens with zero attached hydrogens (tertiary/aromatic N) is 1. The van der Waals surface area contributed by atoms with E-state index in [2.05, 4.69) is 13.8 Å². The van der Waals surface area contributed by atoms with E-state index in [1.54, 1.807) is 11.8 Å². The second-order valence-electron chi connectivity index (χ2n) is 7.34. The van der Waals surface area contributed by atoms with E-state index in [1.165, 1.54) is 0 Å². The molecule has 0 heterocycles. The van der Waals surface area contributed by atoms with Crippen molar-refractivity contribution in [2.75, 3.05) is 19.8 Å². The zero-order valence-corrected chi connectivity index (χ0v) is 17.8. The minimum atomic E-state index is -0.306. The van der Waals surface area contributed by atoms with Crippen molar-refractivity contribution in [3.8, 4) is 5.75 Å². The van der Waals surface area contributed by atoms with E-state index in [1.807, 2.05) is 55.5 Å². The van der Waals surface area contributed by atoms with Crippen molar-refractivity contribution >= 4 is 11.9 Å². The van der Waals surface area contributed by atoms with Crippen molar-refractivity contribution in [3.63, 3.8) is 0 Å². The predicted octanol–water partition coefficient (Wildman–Crippen LogP) is 4.48. The molecule has 0 spiro atoms. The molecule has 0 saturated heterocycles. The lowest BCUT2D eigenvalue weighted by molar-refractivity contribution is -0.144. The fourth-order valence-electron chi connectivity index (χ4n) is 3.03. The zero-order valence-electron chi connectivity index (χ0n) is 17.8. The Balaban J connectivity index is 2.08. The number of benzene rings is 2. The summed E-state index contributed by atoms with van der Waals surface area (Å²) >= 11 is 0. The van der Waals surface area contributed by atoms with Crippen molar-refractivity contribution in [2.24, 2.45) is 0 Å². The van der Waals surface area contributed by atoms with Gasteiger partial charge in [0, 0.05) is 13.1 Å². The number of hydrogen-bond acceptors (Lipinski definition) is 4. The van der Waals surface area contributed by atoms with Gasteiger partial charge in [0.25, 0.3) is 5.91 Å². The number of carbonyl (C=O) groups excluding carboxylic acids is 2. The van der Waals surface area contributed by atoms with Crippen LogP contribution in [0.4, 0.5) is 0 Å². The average Bonchev–Trinajstić information content (AvgIpc) is 2.70. The monoisotopic (exact) mass is 397 g/mol. The second-order valence-corrected chi connectivity index (χ2v) is 7.34. The largest absolute Gasteiger partial charge is 0.483 e. The van der Waals surface area contributed by atoms with E-state index in [9.17, 15) is 9.59 Å². The summed E-state index contributed by atoms with van der Waals surface area (Å²) in [5.41, 5.74) is 3.16. The minimum absolute atomic E-state index is 0.0706. The highest BCUT2D eigenvalue weighted by molar-refractivity contribution is 5.78. The number of ether oxygens (including phenoxy) is 2. The first-order chi connectivity index (χ1) is 13.9. The van der Waals surface area contributed by atoms with Crippen molar-refractivity contribution in [1.29, 1.82) is 0 Å². The fraction of sp³-hybridized carbons (Fsp3) is 0.417. The molecule has 0 radical (unpaired) electrons. The molecule has 29 heavy (non-hydrogen) atoms. The van der Waals surface area contributed by atoms with Gasteiger partial charge in [-0.1, -0.05) is 56.3 Å². The molecule has 0 aliphatic carbocycles. The molecule has 1 amide bonds. The average molecular weight is 398 g/mol. The van der Waals surface area contributed by atoms with Gasteiger partial charge in [0.2, 0.25) is 0 Å². The van der Waals surface area contributed by atoms with Crippen LogP contribution in [0.1, 0.15) is 49.8 Å². The molecule has 0 atom stereocenters. The summed E-state index contributed by atoms with van der Waals surface area (Å²) in [6.07, 6.45) is 0.161. The van der Waals surface area contributed by atoms with Crippen LogP contribution in [0, 0.1) is 6.92 Å². The van der Waals surface area contributed by atoms with Gasteiger partial charge >= 0.3 is 5.97 Å². The first kappa shape index (κ1) is 22.5. The van der Waals surface area contributed by atoms with Crippen LogP contribution in [0.3, 0.4) is 0 Å². The van der Waals surface area contributed by atoms with Crippen LogP contribution in [0.5, 0.6) is 5.75 Å². The summed E-state index contributed by atoms with van der Waals surface area (Å²) in [5.74, 6) is 0.567. The molecular formula is C24H31NO4. The van der Waals surface area contributed by atoms with Crippen molar-refractivity contribution in [1.82, 2.24) is 4.90 Å². The summed E-state index contributed by atoms with van der Waals surface area (Å²) in [6.45, 7) is 8.94. The lowest BCUT2D eigenvalue weighted by Crippen LogP contribution is -2.36. The molecule has 2 aromatic rings. The van der Waals surface area contributed by atoms with E-state index < -0.39 is 0 Å². The Bertz CT molecular complexity index is 802. The van der Waals surface area contributed by atoms with Gasteiger partial charge in [-0.15, -0.1) is 0 Å². The summed E-state index contributed by atoms with van der Waals surface area (Å²) in [7, 11) is 0. The van der Waals surface area contributed by atoms with Gasteiger partial charge in [-0.05, 0) is 42.5 Å². The number of aryl methyl sites for hydroxylation is 1. The van der Waals surface area contributed by atoms with Gasteiger partial charge < -0.3 is 14.4 Å². The van der Waals surface area contributed by atoms with E-state index in [-0.39, 0.29) is 24.9 Å². The maximum absolute atomic E-state index is 12.9. The predicted molar refractivity (Wildman–Crippen MR) is 114 cm³/mol. The van der Waals surface area contributed by atoms with Crippen LogP contribution in [-0.4, -0.2) is 36.5 Å². The molecule has 0 saturated carbocycles. The normalized spacial score (nSPS) is 10.7. The summed E-state index contributed by atoms with van der Waals surface area (Å²) in [4.78, 5) is 26.3. The number of amides is 1. The van der Waals surface area contributed by atoms with Crippen LogP contribution in [0.2, 0.25) is 0 Å². The first-order valence-electron chi connectivity index (χ1n) is 10.1. The Hall–Kier alpha value is -2.82. The molecule has 0 fully saturated rings. The first-order valence-corrected chi connectivity index (χ1v) is 10.1. The topological polar surface area (TPSA) is 55.8 Å². The zero-order chi connectivity index (χ0) is 21.2. The quantitative estimate of drug-likeness (QED) is 0.555. The van der Waals surface area contributed by atoms with Crippen LogP contribution in [0.15, 0.2) is 48.5 Å². The van der Waals surface area contributed by atoms with Gasteiger partial charge in [0.15, 0.2) is 6.61 Å². The molecule has 0 aliphatic heterocycles. The number of esters is 1. The Morgan fingerprint density at radius 3 is 2.45 bits per heavy atom. The van der Waals surface area contributed by atoms with Gasteiger partial charge in [-0.2, -0.15) is 0 Å². The Labute approximate surface area is 173 Å². The number of carbonyl (C=O) groups is 2. The molecule has 5 nitrogen and oxygen atoms in total. The lowest BCUT2D eigenvalue weighted by Gasteiger charge is -2.23. The third-order valence-corrected chi connectivity index (χ3v) is 4.60.